The highest BCUT2D eigenvalue weighted by Crippen LogP contribution is 2.39. The maximum Gasteiger partial charge on any atom is 0.254 e. The van der Waals surface area contributed by atoms with Gasteiger partial charge in [-0.25, -0.2) is 4.39 Å². The molecule has 3 aromatic rings. The third-order valence-corrected chi connectivity index (χ3v) is 6.05. The van der Waals surface area contributed by atoms with Crippen LogP contribution in [0.4, 0.5) is 21.5 Å². The summed E-state index contributed by atoms with van der Waals surface area (Å²) in [6.45, 7) is 11.7. The number of fused-ring (bicyclic) bond motifs is 1. The Morgan fingerprint density at radius 3 is 2.25 bits per heavy atom. The molecule has 2 aromatic carbocycles. The zero-order chi connectivity index (χ0) is 23.5. The van der Waals surface area contributed by atoms with E-state index in [1.807, 2.05) is 40.7 Å². The number of carbonyl (C=O) groups is 1. The van der Waals surface area contributed by atoms with Crippen molar-refractivity contribution in [1.82, 2.24) is 5.32 Å². The monoisotopic (exact) mass is 439 g/mol. The quantitative estimate of drug-likeness (QED) is 0.517. The molecule has 8 heteroatoms. The number of aryl methyl sites for hydroxylation is 3. The van der Waals surface area contributed by atoms with E-state index in [0.717, 1.165) is 11.3 Å². The van der Waals surface area contributed by atoms with Crippen molar-refractivity contribution in [1.29, 1.82) is 0 Å². The normalized spacial score (nSPS) is 14.4. The molecule has 1 aliphatic heterocycles. The molecule has 168 valence electrons. The maximum absolute atomic E-state index is 14.8. The largest absolute Gasteiger partial charge is 0.464 e. The molecule has 0 bridgehead atoms. The lowest BCUT2D eigenvalue weighted by Gasteiger charge is -2.31. The lowest BCUT2D eigenvalue weighted by atomic mass is 9.84. The first kappa shape index (κ1) is 21.8. The van der Waals surface area contributed by atoms with E-state index in [2.05, 4.69) is 16.0 Å². The number of hydrogen-bond donors (Lipinski definition) is 3. The number of anilines is 3. The second-order valence-corrected chi connectivity index (χ2v) is 9.45. The van der Waals surface area contributed by atoms with Crippen molar-refractivity contribution in [3.8, 4) is 0 Å². The lowest BCUT2D eigenvalue weighted by molar-refractivity contribution is 0.0966. The standard InChI is InChI=1S/C24H26FN3O4/c1-10-8-15(32-12(10)3)22(24(4,5)6)28-19-18(20(29)21(19)30)27-17-14(25)7-11(2)13-9-26-23(31)16(13)17/h7-8,22,27-28H,9H2,1-6H3,(H,26,31)/t22-/m0/s1. The summed E-state index contributed by atoms with van der Waals surface area (Å²) in [5.41, 5.74) is 0.491. The fourth-order valence-electron chi connectivity index (χ4n) is 4.05. The number of benzene rings is 1. The maximum atomic E-state index is 14.8. The van der Waals surface area contributed by atoms with E-state index in [1.54, 1.807) is 6.92 Å². The third kappa shape index (κ3) is 3.39. The smallest absolute Gasteiger partial charge is 0.254 e. The molecule has 1 aromatic heterocycles. The molecule has 0 spiro atoms. The highest BCUT2D eigenvalue weighted by atomic mass is 19.1. The van der Waals surface area contributed by atoms with E-state index >= 15 is 0 Å². The molecule has 0 saturated heterocycles. The highest BCUT2D eigenvalue weighted by molar-refractivity contribution is 6.05. The summed E-state index contributed by atoms with van der Waals surface area (Å²) >= 11 is 0. The molecule has 32 heavy (non-hydrogen) atoms. The van der Waals surface area contributed by atoms with Crippen LogP contribution in [0.3, 0.4) is 0 Å². The minimum atomic E-state index is -0.765. The van der Waals surface area contributed by atoms with Gasteiger partial charge in [0.2, 0.25) is 0 Å². The van der Waals surface area contributed by atoms with Gasteiger partial charge in [0.05, 0.1) is 17.3 Å². The van der Waals surface area contributed by atoms with Gasteiger partial charge in [-0.2, -0.15) is 0 Å². The molecular weight excluding hydrogens is 413 g/mol. The highest BCUT2D eigenvalue weighted by Gasteiger charge is 2.34. The number of halogens is 1. The van der Waals surface area contributed by atoms with Gasteiger partial charge in [-0.05, 0) is 55.0 Å². The molecule has 0 unspecified atom stereocenters. The second kappa shape index (κ2) is 7.32. The van der Waals surface area contributed by atoms with Crippen LogP contribution >= 0.6 is 0 Å². The predicted octanol–water partition coefficient (Wildman–Crippen LogP) is 4.13. The number of rotatable bonds is 5. The SMILES string of the molecule is Cc1cc([C@H](Nc2c(Nc3c(F)cc(C)c4c3C(=O)NC4)c(=O)c2=O)C(C)(C)C)oc1C. The van der Waals surface area contributed by atoms with Crippen LogP contribution in [0.25, 0.3) is 0 Å². The van der Waals surface area contributed by atoms with Crippen molar-refractivity contribution < 1.29 is 13.6 Å². The molecule has 1 amide bonds. The van der Waals surface area contributed by atoms with Gasteiger partial charge in [0.1, 0.15) is 28.7 Å². The van der Waals surface area contributed by atoms with Crippen LogP contribution in [0.2, 0.25) is 0 Å². The van der Waals surface area contributed by atoms with Crippen LogP contribution < -0.4 is 26.8 Å². The third-order valence-electron chi connectivity index (χ3n) is 6.05. The Morgan fingerprint density at radius 1 is 1.00 bits per heavy atom. The summed E-state index contributed by atoms with van der Waals surface area (Å²) in [5.74, 6) is 0.311. The van der Waals surface area contributed by atoms with E-state index in [1.165, 1.54) is 6.07 Å². The van der Waals surface area contributed by atoms with Gasteiger partial charge < -0.3 is 20.4 Å². The molecule has 7 nitrogen and oxygen atoms in total. The Bertz CT molecular complexity index is 1300. The summed E-state index contributed by atoms with van der Waals surface area (Å²) in [6, 6.07) is 2.79. The minimum Gasteiger partial charge on any atom is -0.464 e. The lowest BCUT2D eigenvalue weighted by Crippen LogP contribution is -2.39. The predicted molar refractivity (Wildman–Crippen MR) is 121 cm³/mol. The van der Waals surface area contributed by atoms with Crippen LogP contribution in [0.5, 0.6) is 0 Å². The Labute approximate surface area is 184 Å². The molecule has 1 atom stereocenters. The Hall–Kier alpha value is -3.42. The van der Waals surface area contributed by atoms with Crippen molar-refractivity contribution in [3.63, 3.8) is 0 Å². The van der Waals surface area contributed by atoms with Gasteiger partial charge in [0, 0.05) is 6.54 Å². The first-order valence-corrected chi connectivity index (χ1v) is 10.4. The summed E-state index contributed by atoms with van der Waals surface area (Å²) in [5, 5.41) is 8.55. The average Bonchev–Trinajstić information content (AvgIpc) is 3.24. The molecule has 0 saturated carbocycles. The number of hydrogen-bond acceptors (Lipinski definition) is 6. The van der Waals surface area contributed by atoms with Gasteiger partial charge in [0.15, 0.2) is 0 Å². The topological polar surface area (TPSA) is 100 Å². The first-order chi connectivity index (χ1) is 14.9. The van der Waals surface area contributed by atoms with Crippen LogP contribution in [0.15, 0.2) is 26.1 Å². The van der Waals surface area contributed by atoms with Crippen LogP contribution in [-0.4, -0.2) is 5.91 Å². The Balaban J connectivity index is 1.75. The van der Waals surface area contributed by atoms with Crippen LogP contribution in [-0.2, 0) is 6.54 Å². The molecule has 0 radical (unpaired) electrons. The summed E-state index contributed by atoms with van der Waals surface area (Å²) in [7, 11) is 0. The van der Waals surface area contributed by atoms with E-state index in [-0.39, 0.29) is 34.6 Å². The molecule has 0 fully saturated rings. The number of amides is 1. The summed E-state index contributed by atoms with van der Waals surface area (Å²) in [6.07, 6.45) is 0. The number of carbonyl (C=O) groups excluding carboxylic acids is 1. The van der Waals surface area contributed by atoms with Gasteiger partial charge >= 0.3 is 0 Å². The summed E-state index contributed by atoms with van der Waals surface area (Å²) in [4.78, 5) is 37.2. The van der Waals surface area contributed by atoms with E-state index in [0.29, 0.717) is 16.9 Å². The number of nitrogens with one attached hydrogen (secondary N) is 3. The molecule has 1 aliphatic rings. The molecule has 4 rings (SSSR count). The molecule has 2 heterocycles. The zero-order valence-electron chi connectivity index (χ0n) is 19.0. The van der Waals surface area contributed by atoms with Crippen LogP contribution in [0, 0.1) is 32.0 Å². The van der Waals surface area contributed by atoms with Crippen molar-refractivity contribution in [2.75, 3.05) is 10.6 Å². The van der Waals surface area contributed by atoms with Crippen LogP contribution in [0.1, 0.15) is 65.4 Å². The fraction of sp³-hybridized carbons (Fsp3) is 0.375. The van der Waals surface area contributed by atoms with Crippen molar-refractivity contribution in [2.24, 2.45) is 5.41 Å². The Morgan fingerprint density at radius 2 is 1.66 bits per heavy atom. The first-order valence-electron chi connectivity index (χ1n) is 10.4. The van der Waals surface area contributed by atoms with Crippen molar-refractivity contribution in [3.05, 3.63) is 72.2 Å². The molecular formula is C24H26FN3O4. The number of furan rings is 1. The van der Waals surface area contributed by atoms with E-state index < -0.39 is 28.6 Å². The Kier molecular flexibility index (Phi) is 4.99. The van der Waals surface area contributed by atoms with Gasteiger partial charge in [-0.15, -0.1) is 0 Å². The molecule has 3 N–H and O–H groups in total. The van der Waals surface area contributed by atoms with Gasteiger partial charge in [-0.1, -0.05) is 20.8 Å². The zero-order valence-corrected chi connectivity index (χ0v) is 19.0. The van der Waals surface area contributed by atoms with Gasteiger partial charge in [0.25, 0.3) is 16.8 Å². The van der Waals surface area contributed by atoms with Gasteiger partial charge in [-0.3, -0.25) is 14.4 Å². The fourth-order valence-corrected chi connectivity index (χ4v) is 4.05. The average molecular weight is 439 g/mol. The summed E-state index contributed by atoms with van der Waals surface area (Å²) < 4.78 is 20.7. The van der Waals surface area contributed by atoms with Crippen molar-refractivity contribution >= 4 is 23.0 Å². The minimum absolute atomic E-state index is 0.0498. The molecule has 0 aliphatic carbocycles. The van der Waals surface area contributed by atoms with E-state index in [9.17, 15) is 18.8 Å². The van der Waals surface area contributed by atoms with Crippen molar-refractivity contribution in [2.45, 2.75) is 54.1 Å². The van der Waals surface area contributed by atoms with E-state index in [4.69, 9.17) is 4.42 Å². The second-order valence-electron chi connectivity index (χ2n) is 9.45.